The molecule has 1 saturated heterocycles. The van der Waals surface area contributed by atoms with E-state index in [1.165, 1.54) is 11.2 Å². The fraction of sp³-hybridized carbons (Fsp3) is 0.889. The summed E-state index contributed by atoms with van der Waals surface area (Å²) in [6.07, 6.45) is 3.73. The molecule has 1 unspecified atom stereocenters. The largest absolute Gasteiger partial charge is 0.480 e. The molecule has 0 aromatic rings. The Morgan fingerprint density at radius 1 is 1.25 bits per heavy atom. The van der Waals surface area contributed by atoms with Gasteiger partial charge in [0.05, 0.1) is 0 Å². The molecule has 1 rings (SSSR count). The fourth-order valence-electron chi connectivity index (χ4n) is 1.63. The molecule has 0 aromatic heterocycles. The van der Waals surface area contributed by atoms with E-state index in [2.05, 4.69) is 4.72 Å². The van der Waals surface area contributed by atoms with E-state index in [0.29, 0.717) is 13.1 Å². The number of nitrogens with one attached hydrogen (secondary N) is 1. The van der Waals surface area contributed by atoms with Crippen molar-refractivity contribution in [1.29, 1.82) is 0 Å². The summed E-state index contributed by atoms with van der Waals surface area (Å²) in [5.41, 5.74) is 0. The number of hydrogen-bond acceptors (Lipinski definition) is 3. The highest BCUT2D eigenvalue weighted by Gasteiger charge is 2.26. The lowest BCUT2D eigenvalue weighted by Gasteiger charge is -2.21. The van der Waals surface area contributed by atoms with Crippen molar-refractivity contribution in [2.45, 2.75) is 38.6 Å². The normalized spacial score (nSPS) is 21.3. The molecule has 0 radical (unpaired) electrons. The Morgan fingerprint density at radius 2 is 1.75 bits per heavy atom. The highest BCUT2D eigenvalue weighted by molar-refractivity contribution is 7.87. The summed E-state index contributed by atoms with van der Waals surface area (Å²) >= 11 is 0. The molecule has 6 nitrogen and oxygen atoms in total. The van der Waals surface area contributed by atoms with Gasteiger partial charge in [0, 0.05) is 13.1 Å². The zero-order valence-electron chi connectivity index (χ0n) is 9.35. The summed E-state index contributed by atoms with van der Waals surface area (Å²) < 4.78 is 27.1. The molecular weight excluding hydrogens is 232 g/mol. The fourth-order valence-corrected chi connectivity index (χ4v) is 3.07. The van der Waals surface area contributed by atoms with Gasteiger partial charge in [-0.15, -0.1) is 0 Å². The van der Waals surface area contributed by atoms with Crippen LogP contribution in [0.15, 0.2) is 0 Å². The maximum Gasteiger partial charge on any atom is 0.321 e. The van der Waals surface area contributed by atoms with Crippen LogP contribution in [0.25, 0.3) is 0 Å². The van der Waals surface area contributed by atoms with Gasteiger partial charge in [0.15, 0.2) is 0 Å². The third-order valence-electron chi connectivity index (χ3n) is 2.60. The minimum Gasteiger partial charge on any atom is -0.480 e. The molecule has 0 aromatic carbocycles. The number of nitrogens with zero attached hydrogens (tertiary/aromatic N) is 1. The molecule has 0 amide bonds. The van der Waals surface area contributed by atoms with Crippen LogP contribution in [0.3, 0.4) is 0 Å². The Bertz CT molecular complexity index is 333. The van der Waals surface area contributed by atoms with Crippen LogP contribution >= 0.6 is 0 Å². The number of aliphatic carboxylic acids is 1. The van der Waals surface area contributed by atoms with Crippen molar-refractivity contribution in [2.75, 3.05) is 13.1 Å². The Morgan fingerprint density at radius 3 is 2.19 bits per heavy atom. The first kappa shape index (κ1) is 13.4. The second-order valence-electron chi connectivity index (χ2n) is 4.00. The summed E-state index contributed by atoms with van der Waals surface area (Å²) in [6.45, 7) is 2.26. The van der Waals surface area contributed by atoms with Crippen LogP contribution in [0.5, 0.6) is 0 Å². The van der Waals surface area contributed by atoms with E-state index in [1.807, 2.05) is 0 Å². The van der Waals surface area contributed by atoms with Gasteiger partial charge in [-0.1, -0.05) is 12.8 Å². The van der Waals surface area contributed by atoms with Gasteiger partial charge in [0.2, 0.25) is 0 Å². The van der Waals surface area contributed by atoms with E-state index < -0.39 is 22.2 Å². The van der Waals surface area contributed by atoms with E-state index in [1.54, 1.807) is 0 Å². The molecular formula is C9H18N2O4S. The lowest BCUT2D eigenvalue weighted by Crippen LogP contribution is -2.47. The van der Waals surface area contributed by atoms with Crippen molar-refractivity contribution in [2.24, 2.45) is 0 Å². The summed E-state index contributed by atoms with van der Waals surface area (Å²) in [5, 5.41) is 8.65. The van der Waals surface area contributed by atoms with Crippen molar-refractivity contribution in [3.63, 3.8) is 0 Å². The molecule has 0 aliphatic carbocycles. The van der Waals surface area contributed by atoms with Gasteiger partial charge in [-0.3, -0.25) is 4.79 Å². The molecule has 1 aliphatic heterocycles. The number of carboxylic acids is 1. The molecule has 2 N–H and O–H groups in total. The van der Waals surface area contributed by atoms with Gasteiger partial charge in [-0.2, -0.15) is 17.4 Å². The van der Waals surface area contributed by atoms with Crippen LogP contribution in [0.4, 0.5) is 0 Å². The predicted molar refractivity (Wildman–Crippen MR) is 59.2 cm³/mol. The van der Waals surface area contributed by atoms with E-state index in [9.17, 15) is 13.2 Å². The van der Waals surface area contributed by atoms with Crippen molar-refractivity contribution in [1.82, 2.24) is 9.03 Å². The molecule has 1 fully saturated rings. The minimum atomic E-state index is -3.65. The quantitative estimate of drug-likeness (QED) is 0.744. The Kier molecular flexibility index (Phi) is 4.69. The van der Waals surface area contributed by atoms with Gasteiger partial charge < -0.3 is 5.11 Å². The highest BCUT2D eigenvalue weighted by atomic mass is 32.2. The molecule has 1 atom stereocenters. The van der Waals surface area contributed by atoms with Crippen molar-refractivity contribution in [3.05, 3.63) is 0 Å². The van der Waals surface area contributed by atoms with E-state index in [-0.39, 0.29) is 0 Å². The molecule has 0 bridgehead atoms. The summed E-state index contributed by atoms with van der Waals surface area (Å²) in [4.78, 5) is 10.6. The van der Waals surface area contributed by atoms with Gasteiger partial charge in [-0.05, 0) is 19.8 Å². The monoisotopic (exact) mass is 250 g/mol. The summed E-state index contributed by atoms with van der Waals surface area (Å²) in [5.74, 6) is -1.17. The third kappa shape index (κ3) is 3.73. The molecule has 7 heteroatoms. The number of hydrogen-bond donors (Lipinski definition) is 2. The second kappa shape index (κ2) is 5.60. The third-order valence-corrected chi connectivity index (χ3v) is 4.30. The van der Waals surface area contributed by atoms with Crippen LogP contribution in [0.1, 0.15) is 32.6 Å². The maximum atomic E-state index is 11.8. The molecule has 0 saturated carbocycles. The molecule has 1 aliphatic rings. The van der Waals surface area contributed by atoms with Crippen molar-refractivity contribution >= 4 is 16.2 Å². The van der Waals surface area contributed by atoms with Crippen molar-refractivity contribution < 1.29 is 18.3 Å². The van der Waals surface area contributed by atoms with Gasteiger partial charge in [0.25, 0.3) is 10.2 Å². The lowest BCUT2D eigenvalue weighted by atomic mass is 10.2. The number of rotatable bonds is 4. The van der Waals surface area contributed by atoms with Crippen LogP contribution < -0.4 is 4.72 Å². The van der Waals surface area contributed by atoms with Crippen molar-refractivity contribution in [3.8, 4) is 0 Å². The summed E-state index contributed by atoms with van der Waals surface area (Å²) in [6, 6.07) is -1.09. The topological polar surface area (TPSA) is 86.7 Å². The average molecular weight is 250 g/mol. The van der Waals surface area contributed by atoms with E-state index >= 15 is 0 Å². The molecule has 1 heterocycles. The SMILES string of the molecule is CC(NS(=O)(=O)N1CCCCCC1)C(=O)O. The minimum absolute atomic E-state index is 0.474. The first-order valence-electron chi connectivity index (χ1n) is 5.43. The molecule has 16 heavy (non-hydrogen) atoms. The number of carbonyl (C=O) groups is 1. The Balaban J connectivity index is 2.64. The molecule has 94 valence electrons. The second-order valence-corrected chi connectivity index (χ2v) is 5.70. The predicted octanol–water partition coefficient (Wildman–Crippen LogP) is 0.170. The van der Waals surface area contributed by atoms with Gasteiger partial charge >= 0.3 is 5.97 Å². The van der Waals surface area contributed by atoms with E-state index in [4.69, 9.17) is 5.11 Å². The van der Waals surface area contributed by atoms with Gasteiger partial charge in [-0.25, -0.2) is 0 Å². The smallest absolute Gasteiger partial charge is 0.321 e. The van der Waals surface area contributed by atoms with Gasteiger partial charge in [0.1, 0.15) is 6.04 Å². The van der Waals surface area contributed by atoms with Crippen LogP contribution in [-0.4, -0.2) is 42.9 Å². The first-order chi connectivity index (χ1) is 7.43. The Labute approximate surface area is 95.8 Å². The standard InChI is InChI=1S/C9H18N2O4S/c1-8(9(12)13)10-16(14,15)11-6-4-2-3-5-7-11/h8,10H,2-7H2,1H3,(H,12,13). The first-order valence-corrected chi connectivity index (χ1v) is 6.87. The average Bonchev–Trinajstić information content (AvgIpc) is 2.45. The van der Waals surface area contributed by atoms with Crippen LogP contribution in [0.2, 0.25) is 0 Å². The van der Waals surface area contributed by atoms with Crippen LogP contribution in [-0.2, 0) is 15.0 Å². The highest BCUT2D eigenvalue weighted by Crippen LogP contribution is 2.12. The maximum absolute atomic E-state index is 11.8. The lowest BCUT2D eigenvalue weighted by molar-refractivity contribution is -0.138. The van der Waals surface area contributed by atoms with Crippen LogP contribution in [0, 0.1) is 0 Å². The molecule has 0 spiro atoms. The number of carboxylic acid groups (broad SMARTS) is 1. The summed E-state index contributed by atoms with van der Waals surface area (Å²) in [7, 11) is -3.65. The Hall–Kier alpha value is -0.660. The zero-order valence-corrected chi connectivity index (χ0v) is 10.2. The van der Waals surface area contributed by atoms with E-state index in [0.717, 1.165) is 25.7 Å². The zero-order chi connectivity index (χ0) is 12.2.